The summed E-state index contributed by atoms with van der Waals surface area (Å²) in [6.07, 6.45) is 1.80. The molecule has 0 bridgehead atoms. The molecule has 2 rings (SSSR count). The van der Waals surface area contributed by atoms with Crippen molar-refractivity contribution in [2.45, 2.75) is 52.6 Å². The van der Waals surface area contributed by atoms with E-state index in [0.29, 0.717) is 11.8 Å². The Morgan fingerprint density at radius 1 is 1.19 bits per heavy atom. The molecule has 1 heteroatoms. The lowest BCUT2D eigenvalue weighted by atomic mass is 9.75. The van der Waals surface area contributed by atoms with E-state index in [0.717, 1.165) is 12.8 Å². The maximum Gasteiger partial charge on any atom is 0.0614 e. The summed E-state index contributed by atoms with van der Waals surface area (Å²) in [5.74, 6) is 0.853. The molecular weight excluding hydrogens is 196 g/mol. The van der Waals surface area contributed by atoms with E-state index in [4.69, 9.17) is 0 Å². The molecule has 1 nitrogen and oxygen atoms in total. The van der Waals surface area contributed by atoms with Gasteiger partial charge in [-0.25, -0.2) is 0 Å². The first kappa shape index (κ1) is 13.2. The average Bonchev–Trinajstić information content (AvgIpc) is 2.31. The molecule has 0 saturated heterocycles. The smallest absolute Gasteiger partial charge is 0.0614 e. The quantitative estimate of drug-likeness (QED) is 0.764. The molecule has 1 aromatic rings. The van der Waals surface area contributed by atoms with E-state index < -0.39 is 0 Å². The Morgan fingerprint density at radius 3 is 2.44 bits per heavy atom. The highest BCUT2D eigenvalue weighted by molar-refractivity contribution is 5.34. The van der Waals surface area contributed by atoms with E-state index in [-0.39, 0.29) is 6.10 Å². The van der Waals surface area contributed by atoms with Crippen LogP contribution in [0.1, 0.15) is 51.2 Å². The van der Waals surface area contributed by atoms with Crippen molar-refractivity contribution >= 4 is 0 Å². The summed E-state index contributed by atoms with van der Waals surface area (Å²) in [5, 5.41) is 9.99. The molecule has 0 amide bonds. The lowest BCUT2D eigenvalue weighted by molar-refractivity contribution is 0.106. The van der Waals surface area contributed by atoms with Crippen molar-refractivity contribution in [2.75, 3.05) is 0 Å². The van der Waals surface area contributed by atoms with Crippen LogP contribution < -0.4 is 0 Å². The highest BCUT2D eigenvalue weighted by atomic mass is 16.3. The number of hydrogen-bond acceptors (Lipinski definition) is 1. The molecule has 0 saturated carbocycles. The van der Waals surface area contributed by atoms with Gasteiger partial charge in [0.25, 0.3) is 0 Å². The van der Waals surface area contributed by atoms with Gasteiger partial charge in [-0.3, -0.25) is 0 Å². The maximum atomic E-state index is 9.99. The highest BCUT2D eigenvalue weighted by Crippen LogP contribution is 2.36. The second kappa shape index (κ2) is 6.05. The van der Waals surface area contributed by atoms with Crippen molar-refractivity contribution in [3.8, 4) is 0 Å². The van der Waals surface area contributed by atoms with Gasteiger partial charge in [0, 0.05) is 5.92 Å². The summed E-state index contributed by atoms with van der Waals surface area (Å²) in [6, 6.07) is 8.53. The molecule has 90 valence electrons. The minimum atomic E-state index is -0.148. The van der Waals surface area contributed by atoms with Crippen LogP contribution in [-0.4, -0.2) is 11.2 Å². The van der Waals surface area contributed by atoms with Gasteiger partial charge in [0.1, 0.15) is 0 Å². The number of aliphatic hydroxyl groups is 1. The van der Waals surface area contributed by atoms with Gasteiger partial charge in [0.2, 0.25) is 0 Å². The van der Waals surface area contributed by atoms with Gasteiger partial charge < -0.3 is 5.11 Å². The molecule has 2 unspecified atom stereocenters. The van der Waals surface area contributed by atoms with Gasteiger partial charge in [0.05, 0.1) is 6.10 Å². The van der Waals surface area contributed by atoms with Gasteiger partial charge in [0.15, 0.2) is 0 Å². The van der Waals surface area contributed by atoms with Crippen LogP contribution in [0.2, 0.25) is 0 Å². The molecule has 1 N–H and O–H groups in total. The van der Waals surface area contributed by atoms with Crippen LogP contribution in [0, 0.1) is 5.92 Å². The molecule has 1 aromatic carbocycles. The average molecular weight is 220 g/mol. The Balaban J connectivity index is 0.000000606. The fourth-order valence-corrected chi connectivity index (χ4v) is 2.58. The molecular formula is C15H24O. The number of fused-ring (bicyclic) bond motifs is 1. The molecule has 2 atom stereocenters. The van der Waals surface area contributed by atoms with Crippen LogP contribution >= 0.6 is 0 Å². The van der Waals surface area contributed by atoms with Gasteiger partial charge >= 0.3 is 0 Å². The first-order chi connectivity index (χ1) is 7.70. The van der Waals surface area contributed by atoms with E-state index in [1.807, 2.05) is 13.8 Å². The summed E-state index contributed by atoms with van der Waals surface area (Å²) in [6.45, 7) is 8.38. The van der Waals surface area contributed by atoms with Crippen LogP contribution in [0.15, 0.2) is 24.3 Å². The number of rotatable bonds is 1. The maximum absolute atomic E-state index is 9.99. The zero-order chi connectivity index (χ0) is 12.1. The normalized spacial score (nSPS) is 23.4. The van der Waals surface area contributed by atoms with Crippen LogP contribution in [0.5, 0.6) is 0 Å². The Kier molecular flexibility index (Phi) is 5.01. The van der Waals surface area contributed by atoms with Crippen LogP contribution in [0.4, 0.5) is 0 Å². The van der Waals surface area contributed by atoms with Crippen molar-refractivity contribution < 1.29 is 5.11 Å². The summed E-state index contributed by atoms with van der Waals surface area (Å²) in [7, 11) is 0. The molecule has 0 aromatic heterocycles. The minimum absolute atomic E-state index is 0.148. The highest BCUT2D eigenvalue weighted by Gasteiger charge is 2.29. The zero-order valence-corrected chi connectivity index (χ0v) is 10.9. The molecule has 16 heavy (non-hydrogen) atoms. The first-order valence-electron chi connectivity index (χ1n) is 6.46. The van der Waals surface area contributed by atoms with Crippen molar-refractivity contribution in [3.05, 3.63) is 35.4 Å². The minimum Gasteiger partial charge on any atom is -0.392 e. The topological polar surface area (TPSA) is 20.2 Å². The fraction of sp³-hybridized carbons (Fsp3) is 0.600. The fourth-order valence-electron chi connectivity index (χ4n) is 2.58. The van der Waals surface area contributed by atoms with Crippen LogP contribution in [0.25, 0.3) is 0 Å². The molecule has 0 spiro atoms. The summed E-state index contributed by atoms with van der Waals surface area (Å²) in [5.41, 5.74) is 2.79. The third kappa shape index (κ3) is 2.65. The van der Waals surface area contributed by atoms with Gasteiger partial charge in [-0.2, -0.15) is 0 Å². The molecule has 0 radical (unpaired) electrons. The van der Waals surface area contributed by atoms with Crippen LogP contribution in [-0.2, 0) is 6.42 Å². The number of aliphatic hydroxyl groups excluding tert-OH is 1. The summed E-state index contributed by atoms with van der Waals surface area (Å²) in [4.78, 5) is 0. The van der Waals surface area contributed by atoms with E-state index in [1.54, 1.807) is 0 Å². The monoisotopic (exact) mass is 220 g/mol. The van der Waals surface area contributed by atoms with Gasteiger partial charge in [-0.15, -0.1) is 0 Å². The predicted octanol–water partition coefficient (Wildman–Crippen LogP) is 3.76. The molecule has 0 heterocycles. The standard InChI is InChI=1S/C13H18O.C2H6/c1-9(2)13-11-6-4-3-5-10(11)7-8-12(13)14;1-2/h3-6,9,12-14H,7-8H2,1-2H3;1-2H3. The molecule has 1 aliphatic rings. The van der Waals surface area contributed by atoms with Gasteiger partial charge in [-0.05, 0) is 29.9 Å². The van der Waals surface area contributed by atoms with Crippen LogP contribution in [0.3, 0.4) is 0 Å². The third-order valence-corrected chi connectivity index (χ3v) is 3.26. The molecule has 0 fully saturated rings. The van der Waals surface area contributed by atoms with Crippen molar-refractivity contribution in [3.63, 3.8) is 0 Å². The summed E-state index contributed by atoms with van der Waals surface area (Å²) < 4.78 is 0. The zero-order valence-electron chi connectivity index (χ0n) is 10.9. The van der Waals surface area contributed by atoms with E-state index in [9.17, 15) is 5.11 Å². The number of benzene rings is 1. The van der Waals surface area contributed by atoms with E-state index >= 15 is 0 Å². The second-order valence-electron chi connectivity index (χ2n) is 4.57. The first-order valence-corrected chi connectivity index (χ1v) is 6.46. The lowest BCUT2D eigenvalue weighted by Gasteiger charge is -2.33. The number of aryl methyl sites for hydroxylation is 1. The van der Waals surface area contributed by atoms with Gasteiger partial charge in [-0.1, -0.05) is 52.0 Å². The molecule has 0 aliphatic heterocycles. The number of hydrogen-bond donors (Lipinski definition) is 1. The lowest BCUT2D eigenvalue weighted by Crippen LogP contribution is -2.28. The Morgan fingerprint density at radius 2 is 1.81 bits per heavy atom. The SMILES string of the molecule is CC.CC(C)C1c2ccccc2CCC1O. The Labute approximate surface area is 99.5 Å². The Bertz CT molecular complexity index is 317. The van der Waals surface area contributed by atoms with Crippen molar-refractivity contribution in [1.29, 1.82) is 0 Å². The third-order valence-electron chi connectivity index (χ3n) is 3.26. The largest absolute Gasteiger partial charge is 0.392 e. The second-order valence-corrected chi connectivity index (χ2v) is 4.57. The molecule has 1 aliphatic carbocycles. The Hall–Kier alpha value is -0.820. The summed E-state index contributed by atoms with van der Waals surface area (Å²) >= 11 is 0. The van der Waals surface area contributed by atoms with Crippen molar-refractivity contribution in [2.24, 2.45) is 5.92 Å². The van der Waals surface area contributed by atoms with E-state index in [1.165, 1.54) is 11.1 Å². The van der Waals surface area contributed by atoms with Crippen molar-refractivity contribution in [1.82, 2.24) is 0 Å². The van der Waals surface area contributed by atoms with E-state index in [2.05, 4.69) is 38.1 Å². The predicted molar refractivity (Wildman–Crippen MR) is 69.7 cm³/mol.